The number of nitrogens with zero attached hydrogens (tertiary/aromatic N) is 5. The van der Waals surface area contributed by atoms with Crippen LogP contribution in [0.15, 0.2) is 23.7 Å². The highest BCUT2D eigenvalue weighted by Gasteiger charge is 1.94. The fourth-order valence-corrected chi connectivity index (χ4v) is 0.856. The van der Waals surface area contributed by atoms with Crippen LogP contribution in [0.1, 0.15) is 5.56 Å². The fraction of sp³-hybridized carbons (Fsp3) is 0.143. The van der Waals surface area contributed by atoms with E-state index in [1.54, 1.807) is 18.3 Å². The first-order valence-corrected chi connectivity index (χ1v) is 3.85. The van der Waals surface area contributed by atoms with Crippen molar-refractivity contribution >= 4 is 17.7 Å². The van der Waals surface area contributed by atoms with Gasteiger partial charge < -0.3 is 0 Å². The van der Waals surface area contributed by atoms with Crippen LogP contribution in [0.4, 0.5) is 0 Å². The molecule has 0 N–H and O–H groups in total. The lowest BCUT2D eigenvalue weighted by Crippen LogP contribution is -1.82. The average Bonchev–Trinajstić information content (AvgIpc) is 2.15. The van der Waals surface area contributed by atoms with Gasteiger partial charge >= 0.3 is 0 Å². The van der Waals surface area contributed by atoms with E-state index in [2.05, 4.69) is 20.0 Å². The molecular weight excluding hydrogens is 190 g/mol. The van der Waals surface area contributed by atoms with Crippen LogP contribution in [0, 0.1) is 0 Å². The average molecular weight is 196 g/mol. The van der Waals surface area contributed by atoms with E-state index >= 15 is 0 Å². The van der Waals surface area contributed by atoms with Crippen LogP contribution in [-0.4, -0.2) is 16.5 Å². The van der Waals surface area contributed by atoms with Gasteiger partial charge in [0.25, 0.3) is 0 Å². The molecule has 13 heavy (non-hydrogen) atoms. The molecule has 0 unspecified atom stereocenters. The van der Waals surface area contributed by atoms with Gasteiger partial charge in [-0.1, -0.05) is 28.9 Å². The minimum Gasteiger partial charge on any atom is -0.244 e. The maximum atomic E-state index is 7.99. The standard InChI is InChI=1S/C7H6ClN5/c8-7-6(4-10-5-11-7)2-1-3-12-13-9/h1-2,4-5H,3H2. The lowest BCUT2D eigenvalue weighted by molar-refractivity contribution is 1.16. The summed E-state index contributed by atoms with van der Waals surface area (Å²) in [5, 5.41) is 3.71. The van der Waals surface area contributed by atoms with E-state index in [1.165, 1.54) is 6.33 Å². The van der Waals surface area contributed by atoms with Gasteiger partial charge in [0.2, 0.25) is 0 Å². The normalized spacial score (nSPS) is 9.92. The molecule has 1 rings (SSSR count). The zero-order valence-corrected chi connectivity index (χ0v) is 7.39. The van der Waals surface area contributed by atoms with Crippen molar-refractivity contribution in [3.63, 3.8) is 0 Å². The molecule has 0 aliphatic heterocycles. The molecule has 1 aromatic heterocycles. The lowest BCUT2D eigenvalue weighted by atomic mass is 10.3. The molecule has 66 valence electrons. The van der Waals surface area contributed by atoms with Crippen molar-refractivity contribution in [1.29, 1.82) is 0 Å². The minimum absolute atomic E-state index is 0.293. The Morgan fingerprint density at radius 3 is 3.23 bits per heavy atom. The maximum absolute atomic E-state index is 7.99. The summed E-state index contributed by atoms with van der Waals surface area (Å²) in [6, 6.07) is 0. The quantitative estimate of drug-likeness (QED) is 0.322. The summed E-state index contributed by atoms with van der Waals surface area (Å²) >= 11 is 5.73. The van der Waals surface area contributed by atoms with E-state index < -0.39 is 0 Å². The van der Waals surface area contributed by atoms with Crippen molar-refractivity contribution in [2.24, 2.45) is 5.11 Å². The van der Waals surface area contributed by atoms with Crippen molar-refractivity contribution in [3.8, 4) is 0 Å². The monoisotopic (exact) mass is 195 g/mol. The SMILES string of the molecule is [N-]=[N+]=NCC=Cc1cncnc1Cl. The third-order valence-electron chi connectivity index (χ3n) is 1.24. The highest BCUT2D eigenvalue weighted by molar-refractivity contribution is 6.30. The summed E-state index contributed by atoms with van der Waals surface area (Å²) < 4.78 is 0. The molecule has 0 aliphatic rings. The third-order valence-corrected chi connectivity index (χ3v) is 1.55. The van der Waals surface area contributed by atoms with Crippen LogP contribution < -0.4 is 0 Å². The number of azide groups is 1. The number of halogens is 1. The number of hydrogen-bond donors (Lipinski definition) is 0. The molecule has 1 heterocycles. The molecule has 5 nitrogen and oxygen atoms in total. The van der Waals surface area contributed by atoms with Crippen molar-refractivity contribution < 1.29 is 0 Å². The summed E-state index contributed by atoms with van der Waals surface area (Å²) in [5.74, 6) is 0. The highest BCUT2D eigenvalue weighted by Crippen LogP contribution is 2.11. The second-order valence-corrected chi connectivity index (χ2v) is 2.44. The molecule has 6 heteroatoms. The summed E-state index contributed by atoms with van der Waals surface area (Å²) in [7, 11) is 0. The third kappa shape index (κ3) is 3.11. The summed E-state index contributed by atoms with van der Waals surface area (Å²) in [6.07, 6.45) is 6.34. The molecule has 0 amide bonds. The van der Waals surface area contributed by atoms with Crippen molar-refractivity contribution in [1.82, 2.24) is 9.97 Å². The summed E-state index contributed by atoms with van der Waals surface area (Å²) in [6.45, 7) is 0.293. The Morgan fingerprint density at radius 1 is 1.69 bits per heavy atom. The van der Waals surface area contributed by atoms with Crippen LogP contribution in [0.3, 0.4) is 0 Å². The Bertz CT molecular complexity index is 356. The molecular formula is C7H6ClN5. The Hall–Kier alpha value is -1.58. The molecule has 0 saturated heterocycles. The van der Waals surface area contributed by atoms with Crippen molar-refractivity contribution in [2.45, 2.75) is 0 Å². The number of aromatic nitrogens is 2. The number of hydrogen-bond acceptors (Lipinski definition) is 3. The topological polar surface area (TPSA) is 74.5 Å². The fourth-order valence-electron chi connectivity index (χ4n) is 0.701. The van der Waals surface area contributed by atoms with Crippen molar-refractivity contribution in [2.75, 3.05) is 6.54 Å². The Balaban J connectivity index is 2.68. The van der Waals surface area contributed by atoms with Gasteiger partial charge in [0.05, 0.1) is 0 Å². The van der Waals surface area contributed by atoms with E-state index in [1.807, 2.05) is 0 Å². The Kier molecular flexibility index (Phi) is 3.75. The molecule has 1 aromatic rings. The van der Waals surface area contributed by atoms with Gasteiger partial charge in [-0.3, -0.25) is 0 Å². The predicted molar refractivity (Wildman–Crippen MR) is 50.1 cm³/mol. The Morgan fingerprint density at radius 2 is 2.54 bits per heavy atom. The summed E-state index contributed by atoms with van der Waals surface area (Å²) in [5.41, 5.74) is 8.70. The molecule has 0 bridgehead atoms. The zero-order valence-electron chi connectivity index (χ0n) is 6.63. The summed E-state index contributed by atoms with van der Waals surface area (Å²) in [4.78, 5) is 10.2. The van der Waals surface area contributed by atoms with E-state index in [0.717, 1.165) is 0 Å². The maximum Gasteiger partial charge on any atom is 0.139 e. The van der Waals surface area contributed by atoms with E-state index in [-0.39, 0.29) is 0 Å². The molecule has 0 fully saturated rings. The second-order valence-electron chi connectivity index (χ2n) is 2.08. The van der Waals surface area contributed by atoms with Gasteiger partial charge in [-0.2, -0.15) is 0 Å². The van der Waals surface area contributed by atoms with Crippen LogP contribution in [0.5, 0.6) is 0 Å². The van der Waals surface area contributed by atoms with E-state index in [4.69, 9.17) is 17.1 Å². The largest absolute Gasteiger partial charge is 0.244 e. The van der Waals surface area contributed by atoms with Crippen LogP contribution in [-0.2, 0) is 0 Å². The van der Waals surface area contributed by atoms with Crippen molar-refractivity contribution in [3.05, 3.63) is 39.8 Å². The van der Waals surface area contributed by atoms with Gasteiger partial charge in [-0.25, -0.2) is 9.97 Å². The molecule has 0 spiro atoms. The van der Waals surface area contributed by atoms with Gasteiger partial charge in [-0.15, -0.1) is 0 Å². The van der Waals surface area contributed by atoms with Gasteiger partial charge in [0, 0.05) is 23.2 Å². The first-order chi connectivity index (χ1) is 6.34. The van der Waals surface area contributed by atoms with Gasteiger partial charge in [0.1, 0.15) is 11.5 Å². The minimum atomic E-state index is 0.293. The molecule has 0 radical (unpaired) electrons. The second kappa shape index (κ2) is 5.13. The first kappa shape index (κ1) is 9.51. The highest BCUT2D eigenvalue weighted by atomic mass is 35.5. The van der Waals surface area contributed by atoms with Crippen LogP contribution >= 0.6 is 11.6 Å². The first-order valence-electron chi connectivity index (χ1n) is 3.47. The molecule has 0 aliphatic carbocycles. The van der Waals surface area contributed by atoms with E-state index in [9.17, 15) is 0 Å². The smallest absolute Gasteiger partial charge is 0.139 e. The Labute approximate surface area is 79.7 Å². The van der Waals surface area contributed by atoms with Crippen LogP contribution in [0.25, 0.3) is 16.5 Å². The molecule has 0 atom stereocenters. The lowest BCUT2D eigenvalue weighted by Gasteiger charge is -1.92. The predicted octanol–water partition coefficient (Wildman–Crippen LogP) is 2.45. The molecule has 0 aromatic carbocycles. The molecule has 0 saturated carbocycles. The van der Waals surface area contributed by atoms with Crippen LogP contribution in [0.2, 0.25) is 5.15 Å². The zero-order chi connectivity index (χ0) is 9.52. The van der Waals surface area contributed by atoms with Gasteiger partial charge in [0.15, 0.2) is 0 Å². The van der Waals surface area contributed by atoms with E-state index in [0.29, 0.717) is 17.3 Å². The number of rotatable bonds is 3. The van der Waals surface area contributed by atoms with Gasteiger partial charge in [-0.05, 0) is 5.53 Å².